The standard InChI is InChI=1S/C15H17N3O3/c1-9-8-13(18(3)17-9)14(19)16-12-6-4-11(5-7-12)10(2)15(20)21/h4-8,10H,1-3H3,(H,16,19)(H,20,21). The number of carboxylic acids is 1. The summed E-state index contributed by atoms with van der Waals surface area (Å²) in [5, 5.41) is 15.8. The van der Waals surface area contributed by atoms with E-state index in [1.165, 1.54) is 4.68 Å². The molecule has 0 aliphatic rings. The average Bonchev–Trinajstić information content (AvgIpc) is 2.77. The monoisotopic (exact) mass is 287 g/mol. The van der Waals surface area contributed by atoms with Gasteiger partial charge in [-0.1, -0.05) is 12.1 Å². The molecule has 1 aromatic carbocycles. The van der Waals surface area contributed by atoms with Crippen LogP contribution in [-0.2, 0) is 11.8 Å². The van der Waals surface area contributed by atoms with Crippen molar-refractivity contribution in [3.05, 3.63) is 47.3 Å². The average molecular weight is 287 g/mol. The van der Waals surface area contributed by atoms with E-state index in [1.54, 1.807) is 44.3 Å². The number of hydrogen-bond acceptors (Lipinski definition) is 3. The molecule has 21 heavy (non-hydrogen) atoms. The largest absolute Gasteiger partial charge is 0.481 e. The Hall–Kier alpha value is -2.63. The Morgan fingerprint density at radius 2 is 1.90 bits per heavy atom. The minimum absolute atomic E-state index is 0.253. The molecule has 1 heterocycles. The fourth-order valence-corrected chi connectivity index (χ4v) is 2.02. The van der Waals surface area contributed by atoms with E-state index in [0.29, 0.717) is 16.9 Å². The Bertz CT molecular complexity index is 674. The number of aryl methyl sites for hydroxylation is 2. The van der Waals surface area contributed by atoms with Gasteiger partial charge in [0.2, 0.25) is 0 Å². The third-order valence-electron chi connectivity index (χ3n) is 3.27. The maximum absolute atomic E-state index is 12.1. The quantitative estimate of drug-likeness (QED) is 0.902. The van der Waals surface area contributed by atoms with Gasteiger partial charge >= 0.3 is 5.97 Å². The SMILES string of the molecule is Cc1cc(C(=O)Nc2ccc(C(C)C(=O)O)cc2)n(C)n1. The molecule has 2 rings (SSSR count). The zero-order chi connectivity index (χ0) is 15.6. The van der Waals surface area contributed by atoms with E-state index in [9.17, 15) is 9.59 Å². The summed E-state index contributed by atoms with van der Waals surface area (Å²) >= 11 is 0. The van der Waals surface area contributed by atoms with Gasteiger partial charge in [0.05, 0.1) is 11.6 Å². The van der Waals surface area contributed by atoms with Gasteiger partial charge in [-0.2, -0.15) is 5.10 Å². The second-order valence-electron chi connectivity index (χ2n) is 4.93. The van der Waals surface area contributed by atoms with Crippen LogP contribution >= 0.6 is 0 Å². The van der Waals surface area contributed by atoms with Crippen LogP contribution < -0.4 is 5.32 Å². The Morgan fingerprint density at radius 1 is 1.29 bits per heavy atom. The van der Waals surface area contributed by atoms with Crippen LogP contribution in [0.2, 0.25) is 0 Å². The maximum atomic E-state index is 12.1. The fraction of sp³-hybridized carbons (Fsp3) is 0.267. The number of hydrogen-bond donors (Lipinski definition) is 2. The Morgan fingerprint density at radius 3 is 2.38 bits per heavy atom. The Kier molecular flexibility index (Phi) is 4.07. The normalized spacial score (nSPS) is 12.0. The van der Waals surface area contributed by atoms with Gasteiger partial charge in [0.15, 0.2) is 0 Å². The minimum atomic E-state index is -0.878. The molecule has 6 heteroatoms. The Labute approximate surface area is 122 Å². The van der Waals surface area contributed by atoms with E-state index in [-0.39, 0.29) is 5.91 Å². The molecule has 0 aliphatic carbocycles. The topological polar surface area (TPSA) is 84.2 Å². The number of benzene rings is 1. The predicted molar refractivity (Wildman–Crippen MR) is 78.4 cm³/mol. The number of aliphatic carboxylic acids is 1. The second-order valence-corrected chi connectivity index (χ2v) is 4.93. The van der Waals surface area contributed by atoms with Crippen molar-refractivity contribution >= 4 is 17.6 Å². The highest BCUT2D eigenvalue weighted by molar-refractivity contribution is 6.03. The highest BCUT2D eigenvalue weighted by Gasteiger charge is 2.14. The number of amides is 1. The number of carbonyl (C=O) groups excluding carboxylic acids is 1. The van der Waals surface area contributed by atoms with E-state index in [1.807, 2.05) is 6.92 Å². The number of nitrogens with zero attached hydrogens (tertiary/aromatic N) is 2. The zero-order valence-corrected chi connectivity index (χ0v) is 12.1. The lowest BCUT2D eigenvalue weighted by molar-refractivity contribution is -0.138. The Balaban J connectivity index is 2.12. The first-order valence-electron chi connectivity index (χ1n) is 6.53. The maximum Gasteiger partial charge on any atom is 0.310 e. The van der Waals surface area contributed by atoms with E-state index < -0.39 is 11.9 Å². The molecule has 0 fully saturated rings. The van der Waals surface area contributed by atoms with Crippen LogP contribution in [-0.4, -0.2) is 26.8 Å². The third-order valence-corrected chi connectivity index (χ3v) is 3.27. The van der Waals surface area contributed by atoms with Gasteiger partial charge in [-0.3, -0.25) is 14.3 Å². The van der Waals surface area contributed by atoms with Crippen molar-refractivity contribution in [1.82, 2.24) is 9.78 Å². The lowest BCUT2D eigenvalue weighted by Gasteiger charge is -2.09. The lowest BCUT2D eigenvalue weighted by atomic mass is 10.0. The molecule has 1 unspecified atom stereocenters. The molecule has 0 saturated carbocycles. The number of rotatable bonds is 4. The van der Waals surface area contributed by atoms with E-state index in [0.717, 1.165) is 5.69 Å². The van der Waals surface area contributed by atoms with Crippen LogP contribution in [0.4, 0.5) is 5.69 Å². The molecule has 2 N–H and O–H groups in total. The van der Waals surface area contributed by atoms with Crippen molar-refractivity contribution in [3.8, 4) is 0 Å². The molecule has 0 bridgehead atoms. The molecule has 1 atom stereocenters. The summed E-state index contributed by atoms with van der Waals surface area (Å²) in [6.07, 6.45) is 0. The highest BCUT2D eigenvalue weighted by Crippen LogP contribution is 2.18. The van der Waals surface area contributed by atoms with Gasteiger partial charge in [-0.25, -0.2) is 0 Å². The van der Waals surface area contributed by atoms with Crippen molar-refractivity contribution in [2.75, 3.05) is 5.32 Å². The molecule has 0 spiro atoms. The van der Waals surface area contributed by atoms with Gasteiger partial charge in [-0.05, 0) is 37.6 Å². The van der Waals surface area contributed by atoms with Crippen LogP contribution in [0.1, 0.15) is 34.6 Å². The molecule has 0 saturated heterocycles. The predicted octanol–water partition coefficient (Wildman–Crippen LogP) is 2.17. The summed E-state index contributed by atoms with van der Waals surface area (Å²) < 4.78 is 1.52. The molecule has 1 amide bonds. The minimum Gasteiger partial charge on any atom is -0.481 e. The van der Waals surface area contributed by atoms with Gasteiger partial charge in [-0.15, -0.1) is 0 Å². The summed E-state index contributed by atoms with van der Waals surface area (Å²) in [4.78, 5) is 23.0. The zero-order valence-electron chi connectivity index (χ0n) is 12.1. The first kappa shape index (κ1) is 14.8. The summed E-state index contributed by atoms with van der Waals surface area (Å²) in [7, 11) is 1.71. The van der Waals surface area contributed by atoms with Crippen molar-refractivity contribution in [3.63, 3.8) is 0 Å². The second kappa shape index (κ2) is 5.78. The van der Waals surface area contributed by atoms with Crippen molar-refractivity contribution in [2.45, 2.75) is 19.8 Å². The number of carbonyl (C=O) groups is 2. The molecule has 110 valence electrons. The molecule has 0 radical (unpaired) electrons. The third kappa shape index (κ3) is 3.28. The molecular formula is C15H17N3O3. The molecule has 1 aromatic heterocycles. The number of carboxylic acid groups (broad SMARTS) is 1. The molecule has 0 aliphatic heterocycles. The van der Waals surface area contributed by atoms with E-state index in [4.69, 9.17) is 5.11 Å². The van der Waals surface area contributed by atoms with Crippen LogP contribution in [0.15, 0.2) is 30.3 Å². The highest BCUT2D eigenvalue weighted by atomic mass is 16.4. The van der Waals surface area contributed by atoms with Crippen molar-refractivity contribution < 1.29 is 14.7 Å². The summed E-state index contributed by atoms with van der Waals surface area (Å²) in [6.45, 7) is 3.44. The van der Waals surface area contributed by atoms with Crippen LogP contribution in [0.25, 0.3) is 0 Å². The fourth-order valence-electron chi connectivity index (χ4n) is 2.02. The van der Waals surface area contributed by atoms with Gasteiger partial charge in [0.1, 0.15) is 5.69 Å². The summed E-state index contributed by atoms with van der Waals surface area (Å²) in [5.74, 6) is -1.70. The summed E-state index contributed by atoms with van der Waals surface area (Å²) in [6, 6.07) is 8.48. The van der Waals surface area contributed by atoms with Crippen LogP contribution in [0.5, 0.6) is 0 Å². The van der Waals surface area contributed by atoms with Gasteiger partial charge in [0, 0.05) is 12.7 Å². The first-order valence-corrected chi connectivity index (χ1v) is 6.53. The van der Waals surface area contributed by atoms with E-state index >= 15 is 0 Å². The number of aromatic nitrogens is 2. The molecule has 6 nitrogen and oxygen atoms in total. The van der Waals surface area contributed by atoms with E-state index in [2.05, 4.69) is 10.4 Å². The van der Waals surface area contributed by atoms with Crippen molar-refractivity contribution in [1.29, 1.82) is 0 Å². The lowest BCUT2D eigenvalue weighted by Crippen LogP contribution is -2.16. The molecular weight excluding hydrogens is 270 g/mol. The van der Waals surface area contributed by atoms with Crippen molar-refractivity contribution in [2.24, 2.45) is 7.05 Å². The first-order chi connectivity index (χ1) is 9.88. The van der Waals surface area contributed by atoms with Gasteiger partial charge < -0.3 is 10.4 Å². The number of anilines is 1. The van der Waals surface area contributed by atoms with Crippen LogP contribution in [0, 0.1) is 6.92 Å². The van der Waals surface area contributed by atoms with Crippen LogP contribution in [0.3, 0.4) is 0 Å². The summed E-state index contributed by atoms with van der Waals surface area (Å²) in [5.41, 5.74) is 2.54. The smallest absolute Gasteiger partial charge is 0.310 e. The molecule has 2 aromatic rings. The van der Waals surface area contributed by atoms with Gasteiger partial charge in [0.25, 0.3) is 5.91 Å². The number of nitrogens with one attached hydrogen (secondary N) is 1.